The van der Waals surface area contributed by atoms with Gasteiger partial charge >= 0.3 is 5.97 Å². The number of hydrogen-bond donors (Lipinski definition) is 16. The summed E-state index contributed by atoms with van der Waals surface area (Å²) in [5.41, 5.74) is -1.78. The predicted octanol–water partition coefficient (Wildman–Crippen LogP) is -4.42. The minimum absolute atomic E-state index is 0.0161. The molecule has 564 valence electrons. The van der Waals surface area contributed by atoms with Crippen LogP contribution in [0.4, 0.5) is 0 Å². The number of cyclic esters (lactones) is 1. The van der Waals surface area contributed by atoms with Crippen molar-refractivity contribution in [2.45, 2.75) is 302 Å². The highest BCUT2D eigenvalue weighted by Crippen LogP contribution is 2.72. The van der Waals surface area contributed by atoms with Crippen LogP contribution in [-0.4, -0.2) is 331 Å². The van der Waals surface area contributed by atoms with Crippen LogP contribution < -0.4 is 0 Å². The SMILES string of the molecule is CO[C@@H]1[C@@H](O)[C@H](O[C@@H]2[C@@H](O)[C@H](O[C@H]3[C@H](O)[C@@H](O)[C@H](O[C@H]4[C@H](O[C@H]5CC[C@]6(C)C7=C[C@H](O)[C@]89C(=O)O[C@@](C)(CCCC(C)C)[C@H]8CCC9C7CCC6C5(C)C)OC[C@@H](O[C@@H]5O[C@H](CO)[C@@H](O)[C@H](O[C@@H]6O[C@H](CO)[C@@H](O)[C@H](OC)[C@H]6O)[C@H]5O)[C@@H]4O)O[C@@H]3C)O[C@H](CO)[C@H]2O)O[C@H](CO)[C@H]1O. The Kier molecular flexibility index (Phi) is 24.0. The fourth-order valence-corrected chi connectivity index (χ4v) is 18.9. The number of rotatable bonds is 22. The molecule has 1 spiro atoms. The van der Waals surface area contributed by atoms with E-state index in [9.17, 15) is 86.5 Å². The van der Waals surface area contributed by atoms with Crippen molar-refractivity contribution in [2.24, 2.45) is 45.8 Å². The molecular formula is C66H108O32. The summed E-state index contributed by atoms with van der Waals surface area (Å²) in [6.45, 7) is 10.4. The topological polar surface area (TPSA) is 479 Å². The molecule has 11 aliphatic rings. The molecule has 0 radical (unpaired) electrons. The summed E-state index contributed by atoms with van der Waals surface area (Å²) in [5, 5.41) is 180. The number of fused-ring (bicyclic) bond motifs is 4. The minimum atomic E-state index is -2.08. The van der Waals surface area contributed by atoms with Crippen LogP contribution in [0.5, 0.6) is 0 Å². The Morgan fingerprint density at radius 1 is 0.510 bits per heavy atom. The van der Waals surface area contributed by atoms with E-state index in [1.165, 1.54) is 21.1 Å². The van der Waals surface area contributed by atoms with Crippen LogP contribution in [0.1, 0.15) is 106 Å². The second-order valence-corrected chi connectivity index (χ2v) is 30.6. The second kappa shape index (κ2) is 30.5. The van der Waals surface area contributed by atoms with Crippen molar-refractivity contribution < 1.29 is 158 Å². The van der Waals surface area contributed by atoms with E-state index in [-0.39, 0.29) is 29.6 Å². The minimum Gasteiger partial charge on any atom is -0.459 e. The predicted molar refractivity (Wildman–Crippen MR) is 327 cm³/mol. The van der Waals surface area contributed by atoms with Crippen molar-refractivity contribution in [3.8, 4) is 0 Å². The first kappa shape index (κ1) is 77.1. The van der Waals surface area contributed by atoms with Crippen molar-refractivity contribution >= 4 is 5.97 Å². The van der Waals surface area contributed by atoms with E-state index in [0.717, 1.165) is 50.5 Å². The molecule has 0 amide bonds. The van der Waals surface area contributed by atoms with E-state index < -0.39 is 245 Å². The number of esters is 1. The lowest BCUT2D eigenvalue weighted by Gasteiger charge is -2.62. The maximum atomic E-state index is 14.4. The number of carbonyl (C=O) groups excluding carboxylic acids is 1. The first-order valence-corrected chi connectivity index (χ1v) is 34.8. The van der Waals surface area contributed by atoms with Crippen LogP contribution in [-0.2, 0) is 75.8 Å². The summed E-state index contributed by atoms with van der Waals surface area (Å²) in [6.07, 6.45) is -42.2. The zero-order valence-electron chi connectivity index (χ0n) is 56.9. The third-order valence-corrected chi connectivity index (χ3v) is 24.2. The number of aliphatic hydroxyl groups is 16. The summed E-state index contributed by atoms with van der Waals surface area (Å²) in [7, 11) is 2.36. The Morgan fingerprint density at radius 3 is 1.49 bits per heavy atom. The largest absolute Gasteiger partial charge is 0.459 e. The maximum absolute atomic E-state index is 14.4. The smallest absolute Gasteiger partial charge is 0.316 e. The molecule has 0 aromatic heterocycles. The molecule has 7 heterocycles. The van der Waals surface area contributed by atoms with Crippen LogP contribution >= 0.6 is 0 Å². The van der Waals surface area contributed by atoms with Crippen molar-refractivity contribution in [2.75, 3.05) is 47.3 Å². The fourth-order valence-electron chi connectivity index (χ4n) is 18.9. The molecule has 10 fully saturated rings. The normalized spacial score (nSPS) is 52.6. The zero-order chi connectivity index (χ0) is 71.2. The lowest BCUT2D eigenvalue weighted by Crippen LogP contribution is -2.67. The highest BCUT2D eigenvalue weighted by atomic mass is 16.8. The molecule has 98 heavy (non-hydrogen) atoms. The molecule has 3 saturated carbocycles. The van der Waals surface area contributed by atoms with E-state index in [1.54, 1.807) is 0 Å². The number of methoxy groups -OCH3 is 2. The molecule has 0 aromatic rings. The van der Waals surface area contributed by atoms with Crippen molar-refractivity contribution in [3.05, 3.63) is 11.6 Å². The Balaban J connectivity index is 0.833. The Hall–Kier alpha value is -1.99. The molecule has 3 unspecified atom stereocenters. The summed E-state index contributed by atoms with van der Waals surface area (Å²) in [4.78, 5) is 14.4. The van der Waals surface area contributed by atoms with E-state index in [1.807, 2.05) is 13.0 Å². The van der Waals surface area contributed by atoms with Gasteiger partial charge in [-0.25, -0.2) is 0 Å². The highest BCUT2D eigenvalue weighted by Gasteiger charge is 2.75. The number of aliphatic hydroxyl groups excluding tert-OH is 16. The Bertz CT molecular complexity index is 2680. The van der Waals surface area contributed by atoms with Gasteiger partial charge in [-0.15, -0.1) is 0 Å². The summed E-state index contributed by atoms with van der Waals surface area (Å²) in [5.74, 6) is -0.129. The van der Waals surface area contributed by atoms with E-state index >= 15 is 0 Å². The molecule has 32 heteroatoms. The van der Waals surface area contributed by atoms with E-state index in [4.69, 9.17) is 71.1 Å². The number of carbonyl (C=O) groups is 1. The molecule has 16 N–H and O–H groups in total. The lowest BCUT2D eigenvalue weighted by molar-refractivity contribution is -0.397. The van der Waals surface area contributed by atoms with Crippen LogP contribution in [0.25, 0.3) is 0 Å². The van der Waals surface area contributed by atoms with Gasteiger partial charge in [0.05, 0.1) is 51.3 Å². The van der Waals surface area contributed by atoms with Gasteiger partial charge < -0.3 is 153 Å². The van der Waals surface area contributed by atoms with E-state index in [0.29, 0.717) is 18.8 Å². The summed E-state index contributed by atoms with van der Waals surface area (Å²) < 4.78 is 90.1. The number of allylic oxidation sites excluding steroid dienone is 1. The van der Waals surface area contributed by atoms with Gasteiger partial charge in [-0.3, -0.25) is 4.79 Å². The fraction of sp³-hybridized carbons (Fsp3) is 0.955. The monoisotopic (exact) mass is 1410 g/mol. The molecular weight excluding hydrogens is 1300 g/mol. The number of hydrogen-bond acceptors (Lipinski definition) is 32. The highest BCUT2D eigenvalue weighted by molar-refractivity contribution is 5.83. The number of ether oxygens (including phenoxy) is 15. The first-order valence-electron chi connectivity index (χ1n) is 34.8. The Morgan fingerprint density at radius 2 is 0.980 bits per heavy atom. The molecule has 11 rings (SSSR count). The van der Waals surface area contributed by atoms with Crippen LogP contribution in [0.2, 0.25) is 0 Å². The summed E-state index contributed by atoms with van der Waals surface area (Å²) in [6, 6.07) is 0. The summed E-state index contributed by atoms with van der Waals surface area (Å²) >= 11 is 0. The molecule has 4 aliphatic carbocycles. The first-order chi connectivity index (χ1) is 46.4. The molecule has 7 aliphatic heterocycles. The van der Waals surface area contributed by atoms with Crippen LogP contribution in [0.15, 0.2) is 11.6 Å². The Labute approximate surface area is 568 Å². The van der Waals surface area contributed by atoms with Crippen molar-refractivity contribution in [1.29, 1.82) is 0 Å². The van der Waals surface area contributed by atoms with Gasteiger partial charge in [-0.2, -0.15) is 0 Å². The van der Waals surface area contributed by atoms with Gasteiger partial charge in [0.25, 0.3) is 0 Å². The lowest BCUT2D eigenvalue weighted by atomic mass is 9.43. The van der Waals surface area contributed by atoms with Gasteiger partial charge in [-0.05, 0) is 99.7 Å². The quantitative estimate of drug-likeness (QED) is 0.0276. The van der Waals surface area contributed by atoms with Gasteiger partial charge in [0.15, 0.2) is 37.7 Å². The van der Waals surface area contributed by atoms with Crippen LogP contribution in [0, 0.1) is 45.8 Å². The third-order valence-electron chi connectivity index (χ3n) is 24.2. The van der Waals surface area contributed by atoms with Gasteiger partial charge in [0.1, 0.15) is 145 Å². The average molecular weight is 1410 g/mol. The van der Waals surface area contributed by atoms with E-state index in [2.05, 4.69) is 34.6 Å². The van der Waals surface area contributed by atoms with Gasteiger partial charge in [0, 0.05) is 20.1 Å². The van der Waals surface area contributed by atoms with Gasteiger partial charge in [-0.1, -0.05) is 52.7 Å². The molecule has 7 saturated heterocycles. The zero-order valence-corrected chi connectivity index (χ0v) is 56.9. The molecule has 32 nitrogen and oxygen atoms in total. The average Bonchev–Trinajstić information content (AvgIpc) is 1.46. The van der Waals surface area contributed by atoms with Crippen molar-refractivity contribution in [1.82, 2.24) is 0 Å². The van der Waals surface area contributed by atoms with Crippen molar-refractivity contribution in [3.63, 3.8) is 0 Å². The maximum Gasteiger partial charge on any atom is 0.316 e. The molecule has 38 atom stereocenters. The second-order valence-electron chi connectivity index (χ2n) is 30.6. The van der Waals surface area contributed by atoms with Gasteiger partial charge in [0.2, 0.25) is 0 Å². The van der Waals surface area contributed by atoms with Crippen LogP contribution in [0.3, 0.4) is 0 Å². The molecule has 0 bridgehead atoms. The standard InChI is InChI=1S/C66H108O32/c1-25(2)11-10-17-65(7)36-15-13-28-27-12-14-35-63(4,5)38(16-18-64(35,6)29(27)19-37(71)66(28,36)62(83)98-65)93-61-55(43(76)34(24-86-61)92-57-48(81)53(41(74)32(22-69)88-57)95-58-46(79)51(84-8)39(72)30(20-67)89-58)97-56-45(78)44(77)50(26(3)87-56)94-60-49(82)54(42(75)33(23-70)91-60)96-59-47(80)52(85-9)40(73)31(21-68)90-59/h19,25-28,30-61,67-82H,10-18,20-24H2,1-9H3/t26-,27?,28?,30-,31-,32-,33-,34-,35?,36-,37+,38+,39-,40-,41-,42-,43+,44-,45-,46-,47-,48-,49-,50-,51+,52+,53+,54+,55-,56+,57+,58+,59+,60+,61+,64-,65+,66-/m1/s1. The third kappa shape index (κ3) is 13.5. The molecule has 0 aromatic carbocycles.